The van der Waals surface area contributed by atoms with E-state index in [1.54, 1.807) is 24.4 Å². The largest absolute Gasteiger partial charge is 0.480 e. The number of hydrogen-bond acceptors (Lipinski definition) is 11. The highest BCUT2D eigenvalue weighted by atomic mass is 32.2. The van der Waals surface area contributed by atoms with Crippen LogP contribution in [0.25, 0.3) is 22.6 Å². The third-order valence-electron chi connectivity index (χ3n) is 5.19. The van der Waals surface area contributed by atoms with Crippen LogP contribution in [0.1, 0.15) is 11.5 Å². The number of nitrogen functional groups attached to an aromatic ring is 1. The molecule has 34 heavy (non-hydrogen) atoms. The van der Waals surface area contributed by atoms with Gasteiger partial charge in [-0.15, -0.1) is 10.2 Å². The van der Waals surface area contributed by atoms with Crippen LogP contribution in [0.3, 0.4) is 0 Å². The molecule has 0 amide bonds. The lowest BCUT2D eigenvalue weighted by molar-refractivity contribution is 0.263. The number of nitrogens with one attached hydrogen (secondary N) is 2. The summed E-state index contributed by atoms with van der Waals surface area (Å²) in [6.07, 6.45) is 3.73. The van der Waals surface area contributed by atoms with E-state index in [1.165, 1.54) is 7.11 Å². The molecule has 1 aromatic carbocycles. The van der Waals surface area contributed by atoms with E-state index in [-0.39, 0.29) is 17.5 Å². The number of methoxy groups -OCH3 is 1. The molecule has 1 fully saturated rings. The summed E-state index contributed by atoms with van der Waals surface area (Å²) in [7, 11) is -2.15. The molecule has 1 aliphatic heterocycles. The van der Waals surface area contributed by atoms with Crippen molar-refractivity contribution in [2.75, 3.05) is 48.4 Å². The molecule has 0 unspecified atom stereocenters. The summed E-state index contributed by atoms with van der Waals surface area (Å²) in [6, 6.07) is 5.04. The number of pyridine rings is 1. The Morgan fingerprint density at radius 1 is 1.26 bits per heavy atom. The van der Waals surface area contributed by atoms with Gasteiger partial charge >= 0.3 is 0 Å². The summed E-state index contributed by atoms with van der Waals surface area (Å²) in [5.41, 5.74) is 8.96. The van der Waals surface area contributed by atoms with E-state index < -0.39 is 10.0 Å². The van der Waals surface area contributed by atoms with Gasteiger partial charge < -0.3 is 20.3 Å². The molecule has 0 atom stereocenters. The van der Waals surface area contributed by atoms with Crippen LogP contribution < -0.4 is 15.2 Å². The second-order valence-electron chi connectivity index (χ2n) is 7.72. The minimum absolute atomic E-state index is 0.135. The van der Waals surface area contributed by atoms with Gasteiger partial charge in [0.25, 0.3) is 0 Å². The molecule has 0 radical (unpaired) electrons. The quantitative estimate of drug-likeness (QED) is 0.307. The van der Waals surface area contributed by atoms with Gasteiger partial charge in [0.2, 0.25) is 27.7 Å². The van der Waals surface area contributed by atoms with E-state index in [4.69, 9.17) is 20.3 Å². The summed E-state index contributed by atoms with van der Waals surface area (Å²) in [5, 5.41) is 16.2. The Morgan fingerprint density at radius 2 is 2.03 bits per heavy atom. The molecular formula is C21H25N7O4S2. The Bertz CT molecular complexity index is 1300. The van der Waals surface area contributed by atoms with Crippen LogP contribution in [0.15, 0.2) is 28.8 Å². The molecule has 0 bridgehead atoms. The summed E-state index contributed by atoms with van der Waals surface area (Å²) in [6.45, 7) is 2.49. The Balaban J connectivity index is 1.71. The monoisotopic (exact) mass is 503 g/mol. The van der Waals surface area contributed by atoms with Gasteiger partial charge in [0.05, 0.1) is 25.5 Å². The second kappa shape index (κ2) is 9.99. The van der Waals surface area contributed by atoms with Crippen molar-refractivity contribution in [1.82, 2.24) is 20.1 Å². The van der Waals surface area contributed by atoms with Crippen molar-refractivity contribution in [2.24, 2.45) is 0 Å². The second-order valence-corrected chi connectivity index (χ2v) is 10.7. The van der Waals surface area contributed by atoms with E-state index in [1.807, 2.05) is 11.8 Å². The van der Waals surface area contributed by atoms with Crippen molar-refractivity contribution in [3.05, 3.63) is 35.9 Å². The predicted octanol–water partition coefficient (Wildman–Crippen LogP) is 2.31. The van der Waals surface area contributed by atoms with E-state index >= 15 is 0 Å². The first-order valence-electron chi connectivity index (χ1n) is 10.4. The molecule has 180 valence electrons. The number of hydrogen-bond donors (Lipinski definition) is 3. The first kappa shape index (κ1) is 24.0. The number of nitrogens with zero attached hydrogens (tertiary/aromatic N) is 4. The van der Waals surface area contributed by atoms with Gasteiger partial charge in [0.15, 0.2) is 0 Å². The smallest absolute Gasteiger partial charge is 0.248 e. The van der Waals surface area contributed by atoms with Crippen LogP contribution in [0.5, 0.6) is 5.88 Å². The maximum absolute atomic E-state index is 11.8. The van der Waals surface area contributed by atoms with Gasteiger partial charge in [-0.25, -0.2) is 13.4 Å². The number of nitrogens with two attached hydrogens (primary N) is 1. The molecule has 2 aromatic heterocycles. The number of ether oxygens (including phenoxy) is 1. The molecule has 0 saturated carbocycles. The molecule has 13 heteroatoms. The highest BCUT2D eigenvalue weighted by Gasteiger charge is 2.20. The molecular weight excluding hydrogens is 478 g/mol. The minimum Gasteiger partial charge on any atom is -0.480 e. The zero-order valence-corrected chi connectivity index (χ0v) is 20.4. The van der Waals surface area contributed by atoms with Gasteiger partial charge in [-0.05, 0) is 23.8 Å². The first-order chi connectivity index (χ1) is 16.3. The molecule has 1 saturated heterocycles. The Kier molecular flexibility index (Phi) is 7.05. The number of rotatable bonds is 8. The average molecular weight is 504 g/mol. The van der Waals surface area contributed by atoms with Crippen molar-refractivity contribution in [3.8, 4) is 28.5 Å². The van der Waals surface area contributed by atoms with Crippen LogP contribution in [0.4, 0.5) is 11.4 Å². The zero-order chi connectivity index (χ0) is 24.3. The minimum atomic E-state index is -3.55. The Morgan fingerprint density at radius 3 is 2.71 bits per heavy atom. The van der Waals surface area contributed by atoms with E-state index in [0.29, 0.717) is 40.4 Å². The third-order valence-corrected chi connectivity index (χ3v) is 6.72. The SMILES string of the molecule is COc1ncc(-c2cc(N)c(C=N)c(-c3nnc(CN4CCSCC4)o3)c2)cc1NS(C)(=O)=O. The zero-order valence-electron chi connectivity index (χ0n) is 18.7. The van der Waals surface area contributed by atoms with Crippen molar-refractivity contribution >= 4 is 39.4 Å². The number of anilines is 2. The summed E-state index contributed by atoms with van der Waals surface area (Å²) >= 11 is 1.93. The number of aromatic nitrogens is 3. The molecule has 4 rings (SSSR count). The van der Waals surface area contributed by atoms with E-state index in [9.17, 15) is 8.42 Å². The highest BCUT2D eigenvalue weighted by Crippen LogP contribution is 2.35. The molecule has 0 aliphatic carbocycles. The normalized spacial score (nSPS) is 14.6. The fourth-order valence-electron chi connectivity index (χ4n) is 3.60. The molecule has 4 N–H and O–H groups in total. The van der Waals surface area contributed by atoms with Crippen molar-refractivity contribution in [3.63, 3.8) is 0 Å². The lowest BCUT2D eigenvalue weighted by Crippen LogP contribution is -2.32. The molecule has 3 heterocycles. The Labute approximate surface area is 201 Å². The van der Waals surface area contributed by atoms with Crippen LogP contribution in [-0.4, -0.2) is 72.7 Å². The molecule has 0 spiro atoms. The van der Waals surface area contributed by atoms with Gasteiger partial charge in [-0.2, -0.15) is 11.8 Å². The summed E-state index contributed by atoms with van der Waals surface area (Å²) in [5.74, 6) is 3.03. The number of thioether (sulfide) groups is 1. The highest BCUT2D eigenvalue weighted by molar-refractivity contribution is 7.99. The maximum atomic E-state index is 11.8. The van der Waals surface area contributed by atoms with Gasteiger partial charge in [-0.3, -0.25) is 9.62 Å². The van der Waals surface area contributed by atoms with Crippen molar-refractivity contribution < 1.29 is 17.6 Å². The third kappa shape index (κ3) is 5.48. The van der Waals surface area contributed by atoms with E-state index in [2.05, 4.69) is 24.8 Å². The van der Waals surface area contributed by atoms with Crippen LogP contribution >= 0.6 is 11.8 Å². The van der Waals surface area contributed by atoms with Crippen molar-refractivity contribution in [1.29, 1.82) is 5.41 Å². The fourth-order valence-corrected chi connectivity index (χ4v) is 5.13. The predicted molar refractivity (Wildman–Crippen MR) is 133 cm³/mol. The van der Waals surface area contributed by atoms with E-state index in [0.717, 1.165) is 37.1 Å². The Hall–Kier alpha value is -3.16. The lowest BCUT2D eigenvalue weighted by Gasteiger charge is -2.24. The number of sulfonamides is 1. The van der Waals surface area contributed by atoms with Crippen molar-refractivity contribution in [2.45, 2.75) is 6.54 Å². The fraction of sp³-hybridized carbons (Fsp3) is 0.333. The van der Waals surface area contributed by atoms with Gasteiger partial charge in [0, 0.05) is 53.8 Å². The standard InChI is InChI=1S/C21H25N7O4S2/c1-31-21-18(27-34(2,29)30)9-14(11-24-21)13-7-15(16(10-22)17(23)8-13)20-26-25-19(32-20)12-28-3-5-33-6-4-28/h7-11,22,27H,3-6,12,23H2,1-2H3. The summed E-state index contributed by atoms with van der Waals surface area (Å²) in [4.78, 5) is 6.47. The average Bonchev–Trinajstić information content (AvgIpc) is 3.26. The molecule has 1 aliphatic rings. The van der Waals surface area contributed by atoms with Gasteiger partial charge in [-0.1, -0.05) is 0 Å². The number of benzene rings is 1. The van der Waals surface area contributed by atoms with Crippen LogP contribution in [0, 0.1) is 5.41 Å². The lowest BCUT2D eigenvalue weighted by atomic mass is 9.98. The maximum Gasteiger partial charge on any atom is 0.248 e. The van der Waals surface area contributed by atoms with Crippen LogP contribution in [-0.2, 0) is 16.6 Å². The topological polar surface area (TPSA) is 160 Å². The summed E-state index contributed by atoms with van der Waals surface area (Å²) < 4.78 is 37.0. The molecule has 11 nitrogen and oxygen atoms in total. The van der Waals surface area contributed by atoms with Crippen LogP contribution in [0.2, 0.25) is 0 Å². The van der Waals surface area contributed by atoms with Gasteiger partial charge in [0.1, 0.15) is 5.69 Å². The first-order valence-corrected chi connectivity index (χ1v) is 13.4. The molecule has 3 aromatic rings.